The van der Waals surface area contributed by atoms with Crippen molar-refractivity contribution in [2.45, 2.75) is 0 Å². The minimum Gasteiger partial charge on any atom is -0.454 e. The van der Waals surface area contributed by atoms with Crippen LogP contribution in [0.2, 0.25) is 0 Å². The zero-order valence-electron chi connectivity index (χ0n) is 17.2. The van der Waals surface area contributed by atoms with Crippen LogP contribution in [0.5, 0.6) is 0 Å². The highest BCUT2D eigenvalue weighted by Crippen LogP contribution is 2.25. The van der Waals surface area contributed by atoms with Gasteiger partial charge in [0.05, 0.1) is 16.8 Å². The lowest BCUT2D eigenvalue weighted by Gasteiger charge is -2.10. The first-order chi connectivity index (χ1) is 15.7. The number of fused-ring (bicyclic) bond motifs is 2. The summed E-state index contributed by atoms with van der Waals surface area (Å²) in [5.74, 6) is -0.791. The predicted molar refractivity (Wildman–Crippen MR) is 126 cm³/mol. The van der Waals surface area contributed by atoms with Crippen LogP contribution >= 0.6 is 0 Å². The van der Waals surface area contributed by atoms with Gasteiger partial charge in [-0.1, -0.05) is 84.9 Å². The number of ketones is 1. The molecule has 5 aromatic rings. The van der Waals surface area contributed by atoms with E-state index in [0.29, 0.717) is 27.7 Å². The number of Topliss-reactive ketones (excluding diaryl/α,β-unsaturated/α-hetero) is 1. The molecule has 0 fully saturated rings. The van der Waals surface area contributed by atoms with E-state index in [2.05, 4.69) is 4.98 Å². The minimum absolute atomic E-state index is 0.245. The van der Waals surface area contributed by atoms with Gasteiger partial charge in [0.2, 0.25) is 0 Å². The summed E-state index contributed by atoms with van der Waals surface area (Å²) in [5, 5.41) is 2.71. The highest BCUT2D eigenvalue weighted by molar-refractivity contribution is 6.06. The van der Waals surface area contributed by atoms with Crippen molar-refractivity contribution >= 4 is 33.4 Å². The first-order valence-corrected chi connectivity index (χ1v) is 10.3. The summed E-state index contributed by atoms with van der Waals surface area (Å²) >= 11 is 0. The van der Waals surface area contributed by atoms with Gasteiger partial charge in [0.1, 0.15) is 0 Å². The number of carbonyl (C=O) groups excluding carboxylic acids is 2. The van der Waals surface area contributed by atoms with Gasteiger partial charge in [-0.2, -0.15) is 0 Å². The molecule has 4 heteroatoms. The maximum Gasteiger partial charge on any atom is 0.339 e. The van der Waals surface area contributed by atoms with E-state index in [-0.39, 0.29) is 12.4 Å². The Hall–Kier alpha value is -4.31. The standard InChI is InChI=1S/C28H19NO3/c30-27(22-15-14-19-8-4-5-11-21(19)16-22)18-32-28(31)24-17-26(20-9-2-1-3-10-20)29-25-13-7-6-12-23(24)25/h1-17H,18H2. The number of pyridine rings is 1. The number of rotatable bonds is 5. The normalized spacial score (nSPS) is 10.9. The molecule has 0 radical (unpaired) electrons. The predicted octanol–water partition coefficient (Wildman–Crippen LogP) is 6.09. The highest BCUT2D eigenvalue weighted by atomic mass is 16.5. The number of hydrogen-bond donors (Lipinski definition) is 0. The van der Waals surface area contributed by atoms with Crippen molar-refractivity contribution in [3.63, 3.8) is 0 Å². The number of nitrogens with zero attached hydrogens (tertiary/aromatic N) is 1. The average molecular weight is 417 g/mol. The van der Waals surface area contributed by atoms with E-state index < -0.39 is 5.97 Å². The van der Waals surface area contributed by atoms with Crippen LogP contribution in [-0.2, 0) is 4.74 Å². The molecule has 0 saturated heterocycles. The van der Waals surface area contributed by atoms with E-state index in [0.717, 1.165) is 16.3 Å². The topological polar surface area (TPSA) is 56.3 Å². The third-order valence-corrected chi connectivity index (χ3v) is 5.41. The molecule has 0 unspecified atom stereocenters. The molecule has 0 aliphatic heterocycles. The second kappa shape index (κ2) is 8.44. The molecular weight excluding hydrogens is 398 g/mol. The van der Waals surface area contributed by atoms with Crippen molar-refractivity contribution < 1.29 is 14.3 Å². The van der Waals surface area contributed by atoms with Gasteiger partial charge in [-0.05, 0) is 29.0 Å². The van der Waals surface area contributed by atoms with Gasteiger partial charge in [0.15, 0.2) is 12.4 Å². The Labute approximate surface area is 185 Å². The Morgan fingerprint density at radius 2 is 1.44 bits per heavy atom. The molecule has 0 spiro atoms. The van der Waals surface area contributed by atoms with Crippen LogP contribution in [0.4, 0.5) is 0 Å². The van der Waals surface area contributed by atoms with Crippen molar-refractivity contribution in [3.05, 3.63) is 114 Å². The first kappa shape index (κ1) is 19.6. The van der Waals surface area contributed by atoms with Crippen LogP contribution in [0.25, 0.3) is 32.9 Å². The minimum atomic E-state index is -0.546. The van der Waals surface area contributed by atoms with Gasteiger partial charge in [-0.25, -0.2) is 9.78 Å². The molecule has 0 N–H and O–H groups in total. The molecule has 0 amide bonds. The molecule has 4 nitrogen and oxygen atoms in total. The fraction of sp³-hybridized carbons (Fsp3) is 0.0357. The number of ether oxygens (including phenoxy) is 1. The fourth-order valence-corrected chi connectivity index (χ4v) is 3.76. The fourth-order valence-electron chi connectivity index (χ4n) is 3.76. The lowest BCUT2D eigenvalue weighted by molar-refractivity contribution is 0.0477. The van der Waals surface area contributed by atoms with E-state index in [9.17, 15) is 9.59 Å². The summed E-state index contributed by atoms with van der Waals surface area (Å²) < 4.78 is 5.44. The molecule has 32 heavy (non-hydrogen) atoms. The number of para-hydroxylation sites is 1. The van der Waals surface area contributed by atoms with Gasteiger partial charge in [0, 0.05) is 16.5 Å². The molecule has 0 bridgehead atoms. The first-order valence-electron chi connectivity index (χ1n) is 10.3. The van der Waals surface area contributed by atoms with E-state index in [1.165, 1.54) is 0 Å². The SMILES string of the molecule is O=C(COC(=O)c1cc(-c2ccccc2)nc2ccccc12)c1ccc2ccccc2c1. The van der Waals surface area contributed by atoms with E-state index in [1.807, 2.05) is 91.0 Å². The van der Waals surface area contributed by atoms with E-state index in [4.69, 9.17) is 4.74 Å². The van der Waals surface area contributed by atoms with E-state index >= 15 is 0 Å². The quantitative estimate of drug-likeness (QED) is 0.256. The summed E-state index contributed by atoms with van der Waals surface area (Å²) in [5.41, 5.74) is 3.18. The Balaban J connectivity index is 1.42. The maximum atomic E-state index is 13.0. The Morgan fingerprint density at radius 1 is 0.719 bits per heavy atom. The molecule has 5 rings (SSSR count). The molecule has 0 saturated carbocycles. The van der Waals surface area contributed by atoms with Crippen molar-refractivity contribution in [3.8, 4) is 11.3 Å². The summed E-state index contributed by atoms with van der Waals surface area (Å²) in [6.45, 7) is -0.325. The lowest BCUT2D eigenvalue weighted by Crippen LogP contribution is -2.15. The Kier molecular flexibility index (Phi) is 5.18. The van der Waals surface area contributed by atoms with Crippen LogP contribution in [0.1, 0.15) is 20.7 Å². The Bertz CT molecular complexity index is 1460. The molecule has 4 aromatic carbocycles. The highest BCUT2D eigenvalue weighted by Gasteiger charge is 2.17. The number of esters is 1. The zero-order chi connectivity index (χ0) is 21.9. The summed E-state index contributed by atoms with van der Waals surface area (Å²) in [6, 6.07) is 32.1. The molecule has 1 heterocycles. The van der Waals surface area contributed by atoms with Crippen molar-refractivity contribution in [1.29, 1.82) is 0 Å². The van der Waals surface area contributed by atoms with Crippen molar-refractivity contribution in [2.24, 2.45) is 0 Å². The van der Waals surface area contributed by atoms with Crippen LogP contribution in [-0.4, -0.2) is 23.3 Å². The third kappa shape index (κ3) is 3.86. The van der Waals surface area contributed by atoms with Gasteiger partial charge in [-0.3, -0.25) is 4.79 Å². The van der Waals surface area contributed by atoms with Gasteiger partial charge < -0.3 is 4.74 Å². The second-order valence-electron chi connectivity index (χ2n) is 7.50. The van der Waals surface area contributed by atoms with Crippen molar-refractivity contribution in [2.75, 3.05) is 6.61 Å². The van der Waals surface area contributed by atoms with Crippen LogP contribution in [0, 0.1) is 0 Å². The summed E-state index contributed by atoms with van der Waals surface area (Å²) in [6.07, 6.45) is 0. The molecule has 1 aromatic heterocycles. The van der Waals surface area contributed by atoms with E-state index in [1.54, 1.807) is 12.1 Å². The number of hydrogen-bond acceptors (Lipinski definition) is 4. The molecule has 0 aliphatic carbocycles. The lowest BCUT2D eigenvalue weighted by atomic mass is 10.0. The zero-order valence-corrected chi connectivity index (χ0v) is 17.2. The monoisotopic (exact) mass is 417 g/mol. The van der Waals surface area contributed by atoms with Gasteiger partial charge in [0.25, 0.3) is 0 Å². The molecule has 0 aliphatic rings. The smallest absolute Gasteiger partial charge is 0.339 e. The Morgan fingerprint density at radius 3 is 2.28 bits per heavy atom. The second-order valence-corrected chi connectivity index (χ2v) is 7.50. The van der Waals surface area contributed by atoms with Crippen LogP contribution in [0.15, 0.2) is 103 Å². The molecular formula is C28H19NO3. The number of aromatic nitrogens is 1. The number of benzene rings is 4. The summed E-state index contributed by atoms with van der Waals surface area (Å²) in [4.78, 5) is 30.4. The third-order valence-electron chi connectivity index (χ3n) is 5.41. The molecule has 154 valence electrons. The van der Waals surface area contributed by atoms with Crippen LogP contribution < -0.4 is 0 Å². The van der Waals surface area contributed by atoms with Gasteiger partial charge in [-0.15, -0.1) is 0 Å². The molecule has 0 atom stereocenters. The van der Waals surface area contributed by atoms with Crippen molar-refractivity contribution in [1.82, 2.24) is 4.98 Å². The average Bonchev–Trinajstić information content (AvgIpc) is 2.86. The van der Waals surface area contributed by atoms with Crippen LogP contribution in [0.3, 0.4) is 0 Å². The largest absolute Gasteiger partial charge is 0.454 e. The maximum absolute atomic E-state index is 13.0. The van der Waals surface area contributed by atoms with Gasteiger partial charge >= 0.3 is 5.97 Å². The summed E-state index contributed by atoms with van der Waals surface area (Å²) in [7, 11) is 0. The number of carbonyl (C=O) groups is 2.